The van der Waals surface area contributed by atoms with Crippen molar-refractivity contribution in [3.05, 3.63) is 53.6 Å². The first-order valence-electron chi connectivity index (χ1n) is 12.0. The Morgan fingerprint density at radius 3 is 2.53 bits per heavy atom. The van der Waals surface area contributed by atoms with Gasteiger partial charge >= 0.3 is 0 Å². The Bertz CT molecular complexity index is 985. The number of amides is 1. The Hall–Kier alpha value is -2.81. The minimum Gasteiger partial charge on any atom is -0.508 e. The van der Waals surface area contributed by atoms with Gasteiger partial charge in [0.1, 0.15) is 11.8 Å². The molecule has 1 amide bonds. The Morgan fingerprint density at radius 2 is 1.79 bits per heavy atom. The molecular formula is C26H35N3O5. The van der Waals surface area contributed by atoms with Crippen LogP contribution in [0.25, 0.3) is 0 Å². The summed E-state index contributed by atoms with van der Waals surface area (Å²) in [4.78, 5) is 15.3. The maximum atomic E-state index is 13.4. The van der Waals surface area contributed by atoms with Gasteiger partial charge in [0.15, 0.2) is 11.5 Å². The number of unbranched alkanes of at least 4 members (excludes halogenated alkanes) is 2. The number of para-hydroxylation sites is 1. The first-order chi connectivity index (χ1) is 16.6. The molecule has 2 heterocycles. The Morgan fingerprint density at radius 1 is 1.00 bits per heavy atom. The molecule has 2 aromatic rings. The van der Waals surface area contributed by atoms with Crippen LogP contribution in [0, 0.1) is 5.92 Å². The summed E-state index contributed by atoms with van der Waals surface area (Å²) in [5.74, 6) is 1.42. The lowest BCUT2D eigenvalue weighted by Crippen LogP contribution is -2.42. The summed E-state index contributed by atoms with van der Waals surface area (Å²) < 4.78 is 16.9. The third kappa shape index (κ3) is 4.71. The van der Waals surface area contributed by atoms with Crippen molar-refractivity contribution in [2.24, 2.45) is 5.92 Å². The molecule has 0 saturated carbocycles. The van der Waals surface area contributed by atoms with Gasteiger partial charge < -0.3 is 24.2 Å². The maximum absolute atomic E-state index is 13.4. The van der Waals surface area contributed by atoms with Crippen LogP contribution < -0.4 is 20.3 Å². The molecule has 2 aromatic carbocycles. The summed E-state index contributed by atoms with van der Waals surface area (Å²) in [6, 6.07) is 12.3. The number of phenolic OH excluding ortho intramolecular Hbond substituents is 1. The number of phenols is 1. The number of ether oxygens (including phenoxy) is 3. The smallest absolute Gasteiger partial charge is 0.242 e. The molecule has 3 N–H and O–H groups in total. The van der Waals surface area contributed by atoms with E-state index in [1.807, 2.05) is 35.2 Å². The third-order valence-electron chi connectivity index (χ3n) is 6.76. The fourth-order valence-corrected chi connectivity index (χ4v) is 5.08. The van der Waals surface area contributed by atoms with Gasteiger partial charge in [-0.2, -0.15) is 0 Å². The number of hydrazine groups is 1. The Kier molecular flexibility index (Phi) is 7.92. The Balaban J connectivity index is 1.68. The van der Waals surface area contributed by atoms with Crippen molar-refractivity contribution < 1.29 is 24.1 Å². The van der Waals surface area contributed by atoms with E-state index in [2.05, 4.69) is 17.8 Å². The van der Waals surface area contributed by atoms with Crippen LogP contribution in [0.1, 0.15) is 49.4 Å². The second-order valence-electron chi connectivity index (χ2n) is 8.82. The number of fused-ring (bicyclic) bond motifs is 1. The average Bonchev–Trinajstić information content (AvgIpc) is 3.39. The highest BCUT2D eigenvalue weighted by molar-refractivity contribution is 5.86. The van der Waals surface area contributed by atoms with Crippen LogP contribution in [0.3, 0.4) is 0 Å². The predicted molar refractivity (Wildman–Crippen MR) is 129 cm³/mol. The minimum absolute atomic E-state index is 0.0105. The SMILES string of the molecule is CCCCCOc1ccc(C2C3C(NNC3c3ccccc3O)C(=O)N2CCOC)cc1OC. The quantitative estimate of drug-likeness (QED) is 0.435. The summed E-state index contributed by atoms with van der Waals surface area (Å²) in [6.45, 7) is 3.71. The molecular weight excluding hydrogens is 434 g/mol. The van der Waals surface area contributed by atoms with E-state index in [1.165, 1.54) is 0 Å². The van der Waals surface area contributed by atoms with Gasteiger partial charge in [-0.05, 0) is 30.2 Å². The molecule has 0 aromatic heterocycles. The van der Waals surface area contributed by atoms with E-state index in [0.29, 0.717) is 31.3 Å². The highest BCUT2D eigenvalue weighted by Crippen LogP contribution is 2.49. The van der Waals surface area contributed by atoms with Gasteiger partial charge in [-0.1, -0.05) is 44.0 Å². The van der Waals surface area contributed by atoms with Gasteiger partial charge in [0.2, 0.25) is 5.91 Å². The van der Waals surface area contributed by atoms with Crippen molar-refractivity contribution in [3.8, 4) is 17.2 Å². The van der Waals surface area contributed by atoms with Gasteiger partial charge in [-0.25, -0.2) is 10.9 Å². The number of nitrogens with zero attached hydrogens (tertiary/aromatic N) is 1. The molecule has 2 fully saturated rings. The van der Waals surface area contributed by atoms with Crippen molar-refractivity contribution in [1.82, 2.24) is 15.8 Å². The van der Waals surface area contributed by atoms with Gasteiger partial charge in [0.25, 0.3) is 0 Å². The number of hydrogen-bond acceptors (Lipinski definition) is 7. The van der Waals surface area contributed by atoms with E-state index >= 15 is 0 Å². The molecule has 2 aliphatic heterocycles. The molecule has 184 valence electrons. The summed E-state index contributed by atoms with van der Waals surface area (Å²) in [5.41, 5.74) is 8.16. The third-order valence-corrected chi connectivity index (χ3v) is 6.76. The second kappa shape index (κ2) is 11.1. The first kappa shape index (κ1) is 24.3. The summed E-state index contributed by atoms with van der Waals surface area (Å²) in [5, 5.41) is 10.5. The number of nitrogens with one attached hydrogen (secondary N) is 2. The molecule has 0 aliphatic carbocycles. The van der Waals surface area contributed by atoms with Crippen molar-refractivity contribution in [2.45, 2.75) is 44.3 Å². The fourth-order valence-electron chi connectivity index (χ4n) is 5.08. The van der Waals surface area contributed by atoms with Gasteiger partial charge in [0, 0.05) is 25.1 Å². The van der Waals surface area contributed by atoms with Crippen LogP contribution in [-0.4, -0.2) is 55.9 Å². The minimum atomic E-state index is -0.414. The molecule has 8 nitrogen and oxygen atoms in total. The van der Waals surface area contributed by atoms with E-state index in [0.717, 1.165) is 30.4 Å². The number of carbonyl (C=O) groups excluding carboxylic acids is 1. The van der Waals surface area contributed by atoms with Gasteiger partial charge in [-0.15, -0.1) is 0 Å². The maximum Gasteiger partial charge on any atom is 0.242 e. The molecule has 0 radical (unpaired) electrons. The van der Waals surface area contributed by atoms with Crippen LogP contribution in [0.5, 0.6) is 17.2 Å². The van der Waals surface area contributed by atoms with Crippen LogP contribution in [0.15, 0.2) is 42.5 Å². The topological polar surface area (TPSA) is 92.3 Å². The van der Waals surface area contributed by atoms with Crippen molar-refractivity contribution in [1.29, 1.82) is 0 Å². The largest absolute Gasteiger partial charge is 0.508 e. The van der Waals surface area contributed by atoms with E-state index in [-0.39, 0.29) is 29.7 Å². The molecule has 4 unspecified atom stereocenters. The van der Waals surface area contributed by atoms with E-state index in [1.54, 1.807) is 26.4 Å². The molecule has 2 aliphatic rings. The summed E-state index contributed by atoms with van der Waals surface area (Å²) in [6.07, 6.45) is 3.25. The van der Waals surface area contributed by atoms with E-state index in [4.69, 9.17) is 14.2 Å². The van der Waals surface area contributed by atoms with Crippen molar-refractivity contribution in [2.75, 3.05) is 34.0 Å². The number of likely N-dealkylation sites (tertiary alicyclic amines) is 1. The number of carbonyl (C=O) groups is 1. The Labute approximate surface area is 201 Å². The number of rotatable bonds is 11. The number of methoxy groups -OCH3 is 2. The van der Waals surface area contributed by atoms with Gasteiger partial charge in [0.05, 0.1) is 32.4 Å². The number of aromatic hydroxyl groups is 1. The monoisotopic (exact) mass is 469 g/mol. The second-order valence-corrected chi connectivity index (χ2v) is 8.82. The standard InChI is InChI=1S/C26H35N3O5/c1-4-5-8-14-34-20-12-11-17(16-21(20)33-3)25-22-23(18-9-6-7-10-19(18)30)27-28-24(22)26(31)29(25)13-15-32-2/h6-7,9-12,16,22-25,27-28,30H,4-5,8,13-15H2,1-3H3. The highest BCUT2D eigenvalue weighted by Gasteiger charge is 2.55. The van der Waals surface area contributed by atoms with Crippen LogP contribution >= 0.6 is 0 Å². The molecule has 8 heteroatoms. The average molecular weight is 470 g/mol. The van der Waals surface area contributed by atoms with Crippen molar-refractivity contribution >= 4 is 5.91 Å². The molecule has 4 atom stereocenters. The summed E-state index contributed by atoms with van der Waals surface area (Å²) >= 11 is 0. The zero-order chi connectivity index (χ0) is 24.1. The normalized spacial score (nSPS) is 23.9. The fraction of sp³-hybridized carbons (Fsp3) is 0.500. The lowest BCUT2D eigenvalue weighted by molar-refractivity contribution is -0.131. The zero-order valence-corrected chi connectivity index (χ0v) is 20.1. The van der Waals surface area contributed by atoms with Crippen LogP contribution in [0.4, 0.5) is 0 Å². The van der Waals surface area contributed by atoms with Crippen LogP contribution in [0.2, 0.25) is 0 Å². The molecule has 34 heavy (non-hydrogen) atoms. The molecule has 0 bridgehead atoms. The number of hydrogen-bond donors (Lipinski definition) is 3. The lowest BCUT2D eigenvalue weighted by atomic mass is 9.83. The van der Waals surface area contributed by atoms with Crippen molar-refractivity contribution in [3.63, 3.8) is 0 Å². The predicted octanol–water partition coefficient (Wildman–Crippen LogP) is 3.33. The van der Waals surface area contributed by atoms with E-state index < -0.39 is 6.04 Å². The van der Waals surface area contributed by atoms with Gasteiger partial charge in [-0.3, -0.25) is 4.79 Å². The zero-order valence-electron chi connectivity index (χ0n) is 20.1. The number of benzene rings is 2. The van der Waals surface area contributed by atoms with Crippen LogP contribution in [-0.2, 0) is 9.53 Å². The molecule has 0 spiro atoms. The highest BCUT2D eigenvalue weighted by atomic mass is 16.5. The first-order valence-corrected chi connectivity index (χ1v) is 12.0. The molecule has 2 saturated heterocycles. The summed E-state index contributed by atoms with van der Waals surface area (Å²) in [7, 11) is 3.27. The van der Waals surface area contributed by atoms with E-state index in [9.17, 15) is 9.90 Å². The molecule has 4 rings (SSSR count). The lowest BCUT2D eigenvalue weighted by Gasteiger charge is -2.31.